The van der Waals surface area contributed by atoms with Gasteiger partial charge in [-0.3, -0.25) is 9.59 Å². The van der Waals surface area contributed by atoms with Crippen LogP contribution >= 0.6 is 0 Å². The third-order valence-corrected chi connectivity index (χ3v) is 2.61. The van der Waals surface area contributed by atoms with Crippen LogP contribution in [0.4, 0.5) is 5.69 Å². The summed E-state index contributed by atoms with van der Waals surface area (Å²) in [5, 5.41) is 11.5. The molecule has 1 amide bonds. The molecule has 19 heavy (non-hydrogen) atoms. The van der Waals surface area contributed by atoms with Crippen LogP contribution in [0, 0.1) is 12.3 Å². The van der Waals surface area contributed by atoms with Gasteiger partial charge in [-0.1, -0.05) is 18.2 Å². The molecule has 0 aliphatic carbocycles. The number of terminal acetylenes is 1. The van der Waals surface area contributed by atoms with Crippen molar-refractivity contribution in [1.82, 2.24) is 0 Å². The average molecular weight is 259 g/mol. The molecular formula is C15H17NO3. The number of anilines is 1. The molecule has 0 atom stereocenters. The molecule has 0 saturated carbocycles. The Labute approximate surface area is 112 Å². The fourth-order valence-corrected chi connectivity index (χ4v) is 1.68. The summed E-state index contributed by atoms with van der Waals surface area (Å²) in [4.78, 5) is 22.4. The summed E-state index contributed by atoms with van der Waals surface area (Å²) >= 11 is 0. The summed E-state index contributed by atoms with van der Waals surface area (Å²) < 4.78 is 0. The van der Waals surface area contributed by atoms with Gasteiger partial charge in [0.05, 0.1) is 6.42 Å². The van der Waals surface area contributed by atoms with Gasteiger partial charge in [-0.2, -0.15) is 0 Å². The number of carboxylic acid groups (broad SMARTS) is 1. The zero-order valence-corrected chi connectivity index (χ0v) is 10.7. The maximum Gasteiger partial charge on any atom is 0.307 e. The standard InChI is InChI=1S/C15H17NO3/c1-2-3-4-5-10-14(17)16-13-9-7-6-8-12(13)11-15(18)19/h1,6-9H,3-5,10-11H2,(H,16,17)(H,18,19). The maximum absolute atomic E-state index is 11.7. The van der Waals surface area contributed by atoms with E-state index in [1.165, 1.54) is 0 Å². The fourth-order valence-electron chi connectivity index (χ4n) is 1.68. The van der Waals surface area contributed by atoms with Gasteiger partial charge in [0.2, 0.25) is 5.91 Å². The molecule has 0 aliphatic rings. The molecule has 0 aliphatic heterocycles. The van der Waals surface area contributed by atoms with E-state index >= 15 is 0 Å². The van der Waals surface area contributed by atoms with Crippen LogP contribution in [0.1, 0.15) is 31.2 Å². The van der Waals surface area contributed by atoms with Gasteiger partial charge in [0.25, 0.3) is 0 Å². The second-order valence-electron chi connectivity index (χ2n) is 4.19. The van der Waals surface area contributed by atoms with E-state index in [2.05, 4.69) is 11.2 Å². The molecule has 0 heterocycles. The number of aliphatic carboxylic acids is 1. The highest BCUT2D eigenvalue weighted by molar-refractivity contribution is 5.92. The minimum absolute atomic E-state index is 0.104. The molecule has 0 aromatic heterocycles. The van der Waals surface area contributed by atoms with Gasteiger partial charge in [0.15, 0.2) is 0 Å². The Morgan fingerprint density at radius 2 is 2.00 bits per heavy atom. The number of carbonyl (C=O) groups excluding carboxylic acids is 1. The van der Waals surface area contributed by atoms with Crippen LogP contribution in [-0.4, -0.2) is 17.0 Å². The number of hydrogen-bond acceptors (Lipinski definition) is 2. The van der Waals surface area contributed by atoms with E-state index in [9.17, 15) is 9.59 Å². The lowest BCUT2D eigenvalue weighted by Crippen LogP contribution is -2.13. The molecule has 0 fully saturated rings. The van der Waals surface area contributed by atoms with Crippen LogP contribution in [0.5, 0.6) is 0 Å². The number of carboxylic acids is 1. The molecule has 1 rings (SSSR count). The van der Waals surface area contributed by atoms with Gasteiger partial charge in [-0.25, -0.2) is 0 Å². The molecule has 1 aromatic carbocycles. The number of benzene rings is 1. The molecule has 0 radical (unpaired) electrons. The lowest BCUT2D eigenvalue weighted by Gasteiger charge is -2.09. The number of hydrogen-bond donors (Lipinski definition) is 2. The van der Waals surface area contributed by atoms with Crippen molar-refractivity contribution in [2.75, 3.05) is 5.32 Å². The van der Waals surface area contributed by atoms with Crippen molar-refractivity contribution in [1.29, 1.82) is 0 Å². The first-order valence-electron chi connectivity index (χ1n) is 6.16. The van der Waals surface area contributed by atoms with Crippen molar-refractivity contribution in [3.63, 3.8) is 0 Å². The summed E-state index contributed by atoms with van der Waals surface area (Å²) in [7, 11) is 0. The van der Waals surface area contributed by atoms with Crippen molar-refractivity contribution in [2.45, 2.75) is 32.1 Å². The van der Waals surface area contributed by atoms with Gasteiger partial charge in [-0.05, 0) is 24.5 Å². The van der Waals surface area contributed by atoms with Crippen molar-refractivity contribution in [2.24, 2.45) is 0 Å². The predicted octanol–water partition coefficient (Wildman–Crippen LogP) is 2.45. The number of para-hydroxylation sites is 1. The highest BCUT2D eigenvalue weighted by Crippen LogP contribution is 2.16. The van der Waals surface area contributed by atoms with Crippen LogP contribution < -0.4 is 5.32 Å². The molecule has 0 unspecified atom stereocenters. The first-order valence-corrected chi connectivity index (χ1v) is 6.16. The Morgan fingerprint density at radius 1 is 1.26 bits per heavy atom. The summed E-state index contributed by atoms with van der Waals surface area (Å²) in [5.74, 6) is 1.49. The second kappa shape index (κ2) is 7.93. The molecule has 0 spiro atoms. The fraction of sp³-hybridized carbons (Fsp3) is 0.333. The molecule has 4 nitrogen and oxygen atoms in total. The summed E-state index contributed by atoms with van der Waals surface area (Å²) in [6, 6.07) is 6.92. The normalized spacial score (nSPS) is 9.63. The van der Waals surface area contributed by atoms with Crippen LogP contribution in [0.15, 0.2) is 24.3 Å². The largest absolute Gasteiger partial charge is 0.481 e. The Balaban J connectivity index is 2.54. The first-order chi connectivity index (χ1) is 9.13. The highest BCUT2D eigenvalue weighted by Gasteiger charge is 2.08. The van der Waals surface area contributed by atoms with Gasteiger partial charge >= 0.3 is 5.97 Å². The molecule has 2 N–H and O–H groups in total. The van der Waals surface area contributed by atoms with Gasteiger partial charge < -0.3 is 10.4 Å². The third-order valence-electron chi connectivity index (χ3n) is 2.61. The van der Waals surface area contributed by atoms with E-state index in [0.717, 1.165) is 12.8 Å². The Kier molecular flexibility index (Phi) is 6.17. The van der Waals surface area contributed by atoms with Gasteiger partial charge in [0.1, 0.15) is 0 Å². The monoisotopic (exact) mass is 259 g/mol. The van der Waals surface area contributed by atoms with Crippen molar-refractivity contribution >= 4 is 17.6 Å². The quantitative estimate of drug-likeness (QED) is 0.584. The second-order valence-corrected chi connectivity index (χ2v) is 4.19. The Bertz CT molecular complexity index is 488. The van der Waals surface area contributed by atoms with E-state index < -0.39 is 5.97 Å². The summed E-state index contributed by atoms with van der Waals surface area (Å²) in [6.07, 6.45) is 7.64. The lowest BCUT2D eigenvalue weighted by molar-refractivity contribution is -0.136. The molecular weight excluding hydrogens is 242 g/mol. The number of unbranched alkanes of at least 4 members (excludes halogenated alkanes) is 2. The average Bonchev–Trinajstić information content (AvgIpc) is 2.36. The number of carbonyl (C=O) groups is 2. The SMILES string of the molecule is C#CCCCCC(=O)Nc1ccccc1CC(=O)O. The molecule has 1 aromatic rings. The van der Waals surface area contributed by atoms with Gasteiger partial charge in [0, 0.05) is 18.5 Å². The van der Waals surface area contributed by atoms with Crippen molar-refractivity contribution < 1.29 is 14.7 Å². The maximum atomic E-state index is 11.7. The lowest BCUT2D eigenvalue weighted by atomic mass is 10.1. The molecule has 4 heteroatoms. The highest BCUT2D eigenvalue weighted by atomic mass is 16.4. The minimum Gasteiger partial charge on any atom is -0.481 e. The number of rotatable bonds is 7. The summed E-state index contributed by atoms with van der Waals surface area (Å²) in [5.41, 5.74) is 1.17. The smallest absolute Gasteiger partial charge is 0.307 e. The minimum atomic E-state index is -0.921. The summed E-state index contributed by atoms with van der Waals surface area (Å²) in [6.45, 7) is 0. The van der Waals surface area contributed by atoms with Crippen molar-refractivity contribution in [3.05, 3.63) is 29.8 Å². The Morgan fingerprint density at radius 3 is 2.68 bits per heavy atom. The van der Waals surface area contributed by atoms with Crippen LogP contribution in [-0.2, 0) is 16.0 Å². The zero-order chi connectivity index (χ0) is 14.1. The van der Waals surface area contributed by atoms with Crippen LogP contribution in [0.2, 0.25) is 0 Å². The third kappa shape index (κ3) is 5.73. The number of nitrogens with one attached hydrogen (secondary N) is 1. The van der Waals surface area contributed by atoms with Gasteiger partial charge in [-0.15, -0.1) is 12.3 Å². The zero-order valence-electron chi connectivity index (χ0n) is 10.7. The molecule has 0 bridgehead atoms. The predicted molar refractivity (Wildman–Crippen MR) is 73.7 cm³/mol. The van der Waals surface area contributed by atoms with Crippen molar-refractivity contribution in [3.8, 4) is 12.3 Å². The first kappa shape index (κ1) is 14.8. The number of amides is 1. The Hall–Kier alpha value is -2.28. The van der Waals surface area contributed by atoms with Crippen LogP contribution in [0.3, 0.4) is 0 Å². The van der Waals surface area contributed by atoms with E-state index in [0.29, 0.717) is 24.1 Å². The van der Waals surface area contributed by atoms with E-state index in [4.69, 9.17) is 11.5 Å². The topological polar surface area (TPSA) is 66.4 Å². The van der Waals surface area contributed by atoms with E-state index in [-0.39, 0.29) is 12.3 Å². The molecule has 0 saturated heterocycles. The van der Waals surface area contributed by atoms with E-state index in [1.54, 1.807) is 24.3 Å². The van der Waals surface area contributed by atoms with Crippen LogP contribution in [0.25, 0.3) is 0 Å². The molecule has 100 valence electrons. The van der Waals surface area contributed by atoms with E-state index in [1.807, 2.05) is 0 Å².